The molecule has 4 rings (SSSR count). The zero-order valence-electron chi connectivity index (χ0n) is 17.8. The molecule has 0 saturated heterocycles. The minimum atomic E-state index is -0.558. The number of rotatable bonds is 3. The SMILES string of the molecule is Cn1c(=O)c2nc(-c3ccc(F)cc3)nnc2n(Cc2ccc(C(C)(C)C)cc2)c1=O. The number of fused-ring (bicyclic) bond motifs is 1. The van der Waals surface area contributed by atoms with Gasteiger partial charge in [-0.05, 0) is 40.8 Å². The van der Waals surface area contributed by atoms with Gasteiger partial charge in [-0.3, -0.25) is 13.9 Å². The van der Waals surface area contributed by atoms with Crippen molar-refractivity contribution in [3.63, 3.8) is 0 Å². The fourth-order valence-corrected chi connectivity index (χ4v) is 3.32. The van der Waals surface area contributed by atoms with Gasteiger partial charge in [-0.1, -0.05) is 45.0 Å². The molecule has 0 bridgehead atoms. The summed E-state index contributed by atoms with van der Waals surface area (Å²) in [6, 6.07) is 13.6. The lowest BCUT2D eigenvalue weighted by molar-refractivity contribution is 0.589. The van der Waals surface area contributed by atoms with Crippen molar-refractivity contribution in [3.05, 3.63) is 86.3 Å². The minimum absolute atomic E-state index is 0.0187. The second-order valence-electron chi connectivity index (χ2n) is 8.49. The number of hydrogen-bond donors (Lipinski definition) is 0. The second kappa shape index (κ2) is 7.54. The van der Waals surface area contributed by atoms with Crippen LogP contribution in [-0.2, 0) is 19.0 Å². The van der Waals surface area contributed by atoms with E-state index >= 15 is 0 Å². The molecule has 0 atom stereocenters. The summed E-state index contributed by atoms with van der Waals surface area (Å²) in [6.07, 6.45) is 0. The van der Waals surface area contributed by atoms with E-state index in [-0.39, 0.29) is 34.8 Å². The molecule has 158 valence electrons. The highest BCUT2D eigenvalue weighted by Crippen LogP contribution is 2.22. The monoisotopic (exact) mass is 419 g/mol. The highest BCUT2D eigenvalue weighted by molar-refractivity contribution is 5.71. The van der Waals surface area contributed by atoms with E-state index in [1.54, 1.807) is 0 Å². The van der Waals surface area contributed by atoms with Crippen LogP contribution in [0.25, 0.3) is 22.6 Å². The summed E-state index contributed by atoms with van der Waals surface area (Å²) in [5, 5.41) is 8.22. The minimum Gasteiger partial charge on any atom is -0.270 e. The zero-order valence-corrected chi connectivity index (χ0v) is 17.8. The molecule has 2 aromatic carbocycles. The largest absolute Gasteiger partial charge is 0.332 e. The molecule has 0 unspecified atom stereocenters. The molecule has 0 N–H and O–H groups in total. The van der Waals surface area contributed by atoms with Crippen molar-refractivity contribution < 1.29 is 4.39 Å². The van der Waals surface area contributed by atoms with Crippen LogP contribution in [0.5, 0.6) is 0 Å². The maximum atomic E-state index is 13.2. The molecule has 7 nitrogen and oxygen atoms in total. The summed E-state index contributed by atoms with van der Waals surface area (Å²) < 4.78 is 15.6. The summed E-state index contributed by atoms with van der Waals surface area (Å²) in [7, 11) is 1.41. The first-order valence-electron chi connectivity index (χ1n) is 9.85. The Morgan fingerprint density at radius 2 is 1.58 bits per heavy atom. The number of nitrogens with zero attached hydrogens (tertiary/aromatic N) is 5. The molecule has 0 spiro atoms. The first kappa shape index (κ1) is 20.6. The van der Waals surface area contributed by atoms with Crippen LogP contribution < -0.4 is 11.2 Å². The molecule has 2 aromatic heterocycles. The smallest absolute Gasteiger partial charge is 0.270 e. The highest BCUT2D eigenvalue weighted by Gasteiger charge is 2.17. The summed E-state index contributed by atoms with van der Waals surface area (Å²) in [5.74, 6) is -0.205. The van der Waals surface area contributed by atoms with Crippen LogP contribution >= 0.6 is 0 Å². The average Bonchev–Trinajstić information content (AvgIpc) is 2.75. The third-order valence-corrected chi connectivity index (χ3v) is 5.21. The molecule has 0 radical (unpaired) electrons. The van der Waals surface area contributed by atoms with Gasteiger partial charge in [-0.25, -0.2) is 14.2 Å². The van der Waals surface area contributed by atoms with Crippen molar-refractivity contribution in [2.24, 2.45) is 7.05 Å². The first-order valence-corrected chi connectivity index (χ1v) is 9.85. The van der Waals surface area contributed by atoms with E-state index in [0.29, 0.717) is 5.56 Å². The lowest BCUT2D eigenvalue weighted by Gasteiger charge is -2.19. The Bertz CT molecular complexity index is 1380. The second-order valence-corrected chi connectivity index (χ2v) is 8.49. The van der Waals surface area contributed by atoms with Crippen LogP contribution in [0.15, 0.2) is 58.1 Å². The normalized spacial score (nSPS) is 11.8. The van der Waals surface area contributed by atoms with Crippen molar-refractivity contribution in [1.82, 2.24) is 24.3 Å². The van der Waals surface area contributed by atoms with Gasteiger partial charge >= 0.3 is 5.69 Å². The lowest BCUT2D eigenvalue weighted by Crippen LogP contribution is -2.39. The zero-order chi connectivity index (χ0) is 22.3. The molecule has 0 aliphatic rings. The Morgan fingerprint density at radius 1 is 0.935 bits per heavy atom. The predicted octanol–water partition coefficient (Wildman–Crippen LogP) is 3.04. The Labute approximate surface area is 177 Å². The number of hydrogen-bond acceptors (Lipinski definition) is 5. The fourth-order valence-electron chi connectivity index (χ4n) is 3.32. The quantitative estimate of drug-likeness (QED) is 0.510. The highest BCUT2D eigenvalue weighted by atomic mass is 19.1. The van der Waals surface area contributed by atoms with Crippen LogP contribution in [-0.4, -0.2) is 24.3 Å². The van der Waals surface area contributed by atoms with Crippen LogP contribution in [0.2, 0.25) is 0 Å². The fraction of sp³-hybridized carbons (Fsp3) is 0.261. The maximum absolute atomic E-state index is 13.2. The Morgan fingerprint density at radius 3 is 2.19 bits per heavy atom. The van der Waals surface area contributed by atoms with Crippen LogP contribution in [0, 0.1) is 5.82 Å². The van der Waals surface area contributed by atoms with Gasteiger partial charge in [0.15, 0.2) is 17.0 Å². The summed E-state index contributed by atoms with van der Waals surface area (Å²) >= 11 is 0. The molecular weight excluding hydrogens is 397 g/mol. The third kappa shape index (κ3) is 3.88. The molecule has 0 amide bonds. The van der Waals surface area contributed by atoms with Crippen molar-refractivity contribution in [1.29, 1.82) is 0 Å². The van der Waals surface area contributed by atoms with Crippen molar-refractivity contribution in [2.45, 2.75) is 32.7 Å². The van der Waals surface area contributed by atoms with Crippen LogP contribution in [0.4, 0.5) is 4.39 Å². The van der Waals surface area contributed by atoms with E-state index in [1.165, 1.54) is 41.4 Å². The van der Waals surface area contributed by atoms with Crippen LogP contribution in [0.3, 0.4) is 0 Å². The Balaban J connectivity index is 1.83. The van der Waals surface area contributed by atoms with Crippen molar-refractivity contribution in [3.8, 4) is 11.4 Å². The van der Waals surface area contributed by atoms with Gasteiger partial charge in [0.2, 0.25) is 0 Å². The van der Waals surface area contributed by atoms with Gasteiger partial charge in [0.05, 0.1) is 6.54 Å². The van der Waals surface area contributed by atoms with E-state index in [2.05, 4.69) is 36.0 Å². The van der Waals surface area contributed by atoms with E-state index < -0.39 is 11.2 Å². The van der Waals surface area contributed by atoms with Gasteiger partial charge in [-0.2, -0.15) is 0 Å². The molecule has 8 heteroatoms. The lowest BCUT2D eigenvalue weighted by atomic mass is 9.87. The van der Waals surface area contributed by atoms with Crippen molar-refractivity contribution >= 4 is 11.2 Å². The van der Waals surface area contributed by atoms with Gasteiger partial charge in [0, 0.05) is 12.6 Å². The predicted molar refractivity (Wildman–Crippen MR) is 116 cm³/mol. The van der Waals surface area contributed by atoms with Gasteiger partial charge in [0.1, 0.15) is 5.82 Å². The molecule has 31 heavy (non-hydrogen) atoms. The van der Waals surface area contributed by atoms with Gasteiger partial charge in [-0.15, -0.1) is 10.2 Å². The van der Waals surface area contributed by atoms with E-state index in [9.17, 15) is 14.0 Å². The summed E-state index contributed by atoms with van der Waals surface area (Å²) in [5.41, 5.74) is 1.69. The average molecular weight is 419 g/mol. The van der Waals surface area contributed by atoms with E-state index in [4.69, 9.17) is 0 Å². The van der Waals surface area contributed by atoms with Crippen molar-refractivity contribution in [2.75, 3.05) is 0 Å². The topological polar surface area (TPSA) is 82.7 Å². The van der Waals surface area contributed by atoms with E-state index in [0.717, 1.165) is 10.1 Å². The molecular formula is C23H22FN5O2. The summed E-state index contributed by atoms with van der Waals surface area (Å²) in [4.78, 5) is 29.9. The van der Waals surface area contributed by atoms with Gasteiger partial charge < -0.3 is 0 Å². The molecule has 0 fully saturated rings. The third-order valence-electron chi connectivity index (χ3n) is 5.21. The molecule has 0 saturated carbocycles. The molecule has 4 aromatic rings. The van der Waals surface area contributed by atoms with E-state index in [1.807, 2.05) is 24.3 Å². The number of halogens is 1. The standard InChI is InChI=1S/C23H22FN5O2/c1-23(2,3)16-9-5-14(6-10-16)13-29-20-18(21(30)28(4)22(29)31)25-19(26-27-20)15-7-11-17(24)12-8-15/h5-12H,13H2,1-4H3. The Kier molecular flexibility index (Phi) is 5.00. The van der Waals surface area contributed by atoms with Crippen LogP contribution in [0.1, 0.15) is 31.9 Å². The molecule has 2 heterocycles. The number of aromatic nitrogens is 5. The Hall–Kier alpha value is -3.68. The first-order chi connectivity index (χ1) is 14.6. The molecule has 0 aliphatic carbocycles. The molecule has 0 aliphatic heterocycles. The number of benzene rings is 2. The maximum Gasteiger partial charge on any atom is 0.332 e. The van der Waals surface area contributed by atoms with Gasteiger partial charge in [0.25, 0.3) is 5.56 Å². The summed E-state index contributed by atoms with van der Waals surface area (Å²) in [6.45, 7) is 6.62.